The highest BCUT2D eigenvalue weighted by molar-refractivity contribution is 7.99. The number of nitrogens with zero attached hydrogens (tertiary/aromatic N) is 1. The first-order valence-corrected chi connectivity index (χ1v) is 12.0. The van der Waals surface area contributed by atoms with Crippen molar-refractivity contribution in [1.29, 1.82) is 0 Å². The summed E-state index contributed by atoms with van der Waals surface area (Å²) in [5, 5.41) is 3.16. The van der Waals surface area contributed by atoms with Crippen molar-refractivity contribution in [1.82, 2.24) is 10.3 Å². The van der Waals surface area contributed by atoms with Gasteiger partial charge in [0.05, 0.1) is 24.9 Å². The Morgan fingerprint density at radius 1 is 1.09 bits per heavy atom. The van der Waals surface area contributed by atoms with Crippen LogP contribution in [-0.4, -0.2) is 29.3 Å². The average Bonchev–Trinajstić information content (AvgIpc) is 3.24. The van der Waals surface area contributed by atoms with Crippen LogP contribution in [0.1, 0.15) is 56.8 Å². The van der Waals surface area contributed by atoms with Crippen LogP contribution in [0.15, 0.2) is 69.1 Å². The predicted octanol–water partition coefficient (Wildman–Crippen LogP) is 6.47. The first kappa shape index (κ1) is 25.4. The molecule has 0 fully saturated rings. The van der Waals surface area contributed by atoms with Crippen LogP contribution in [0.25, 0.3) is 11.1 Å². The van der Waals surface area contributed by atoms with Crippen molar-refractivity contribution >= 4 is 23.8 Å². The number of oxazole rings is 1. The van der Waals surface area contributed by atoms with Crippen molar-refractivity contribution in [3.05, 3.63) is 66.2 Å². The summed E-state index contributed by atoms with van der Waals surface area (Å²) in [6, 6.07) is 15.4. The van der Waals surface area contributed by atoms with Gasteiger partial charge in [0.25, 0.3) is 0 Å². The van der Waals surface area contributed by atoms with E-state index in [1.807, 2.05) is 49.4 Å². The Labute approximate surface area is 204 Å². The highest BCUT2D eigenvalue weighted by atomic mass is 32.2. The van der Waals surface area contributed by atoms with Gasteiger partial charge >= 0.3 is 12.1 Å². The van der Waals surface area contributed by atoms with Crippen LogP contribution in [0.5, 0.6) is 0 Å². The number of esters is 1. The first-order chi connectivity index (χ1) is 16.2. The van der Waals surface area contributed by atoms with E-state index >= 15 is 0 Å². The molecule has 2 aromatic carbocycles. The van der Waals surface area contributed by atoms with E-state index in [1.165, 1.54) is 11.8 Å². The minimum atomic E-state index is -0.582. The van der Waals surface area contributed by atoms with Crippen molar-refractivity contribution in [3.8, 4) is 11.1 Å². The second-order valence-corrected chi connectivity index (χ2v) is 9.71. The highest BCUT2D eigenvalue weighted by Gasteiger charge is 2.17. The molecule has 1 heterocycles. The van der Waals surface area contributed by atoms with Gasteiger partial charge in [0.2, 0.25) is 5.89 Å². The minimum absolute atomic E-state index is 0.106. The molecule has 0 aliphatic carbocycles. The van der Waals surface area contributed by atoms with E-state index in [9.17, 15) is 9.59 Å². The molecule has 0 bridgehead atoms. The molecule has 7 nitrogen and oxygen atoms in total. The van der Waals surface area contributed by atoms with Crippen LogP contribution in [-0.2, 0) is 16.0 Å². The summed E-state index contributed by atoms with van der Waals surface area (Å²) in [4.78, 5) is 29.5. The second-order valence-electron chi connectivity index (χ2n) is 8.63. The number of hydrogen-bond acceptors (Lipinski definition) is 7. The van der Waals surface area contributed by atoms with Crippen LogP contribution in [0.4, 0.5) is 4.79 Å². The zero-order chi connectivity index (χ0) is 24.6. The lowest BCUT2D eigenvalue weighted by Gasteiger charge is -2.19. The van der Waals surface area contributed by atoms with E-state index < -0.39 is 11.7 Å². The maximum absolute atomic E-state index is 12.6. The van der Waals surface area contributed by atoms with Crippen molar-refractivity contribution in [2.24, 2.45) is 0 Å². The predicted molar refractivity (Wildman–Crippen MR) is 131 cm³/mol. The third kappa shape index (κ3) is 7.95. The standard InChI is InChI=1S/C26H30N2O5S/c1-5-6-12-31-24(29)20-13-19(18-10-8-7-9-11-18)14-21(15-20)34-23-17-27-22(32-23)16-28-25(30)33-26(2,3)4/h7-11,13-15,17H,5-6,12,16H2,1-4H3,(H,28,30). The molecule has 3 rings (SSSR count). The number of unbranched alkanes of at least 4 members (excludes halogenated alkanes) is 1. The Morgan fingerprint density at radius 2 is 1.85 bits per heavy atom. The molecule has 0 atom stereocenters. The fourth-order valence-electron chi connectivity index (χ4n) is 2.97. The normalized spacial score (nSPS) is 11.2. The Balaban J connectivity index is 1.75. The molecule has 0 radical (unpaired) electrons. The molecule has 1 aromatic heterocycles. The van der Waals surface area contributed by atoms with Crippen molar-refractivity contribution in [2.75, 3.05) is 6.61 Å². The van der Waals surface area contributed by atoms with Gasteiger partial charge < -0.3 is 19.2 Å². The number of rotatable bonds is 9. The summed E-state index contributed by atoms with van der Waals surface area (Å²) in [6.07, 6.45) is 2.83. The molecule has 0 saturated heterocycles. The van der Waals surface area contributed by atoms with E-state index in [-0.39, 0.29) is 12.5 Å². The van der Waals surface area contributed by atoms with Crippen molar-refractivity contribution < 1.29 is 23.5 Å². The van der Waals surface area contributed by atoms with E-state index in [0.29, 0.717) is 23.2 Å². The minimum Gasteiger partial charge on any atom is -0.462 e. The van der Waals surface area contributed by atoms with Gasteiger partial charge in [-0.3, -0.25) is 0 Å². The molecule has 0 spiro atoms. The molecule has 180 valence electrons. The van der Waals surface area contributed by atoms with Crippen LogP contribution in [0.2, 0.25) is 0 Å². The molecule has 0 unspecified atom stereocenters. The molecular weight excluding hydrogens is 452 g/mol. The van der Waals surface area contributed by atoms with Gasteiger partial charge in [-0.1, -0.05) is 55.4 Å². The molecular formula is C26H30N2O5S. The molecule has 1 N–H and O–H groups in total. The lowest BCUT2D eigenvalue weighted by atomic mass is 10.0. The quantitative estimate of drug-likeness (QED) is 0.276. The molecule has 0 aliphatic rings. The van der Waals surface area contributed by atoms with Crippen LogP contribution in [0.3, 0.4) is 0 Å². The maximum Gasteiger partial charge on any atom is 0.408 e. The topological polar surface area (TPSA) is 90.7 Å². The van der Waals surface area contributed by atoms with Crippen LogP contribution >= 0.6 is 11.8 Å². The zero-order valence-corrected chi connectivity index (χ0v) is 20.7. The Kier molecular flexibility index (Phi) is 8.76. The summed E-state index contributed by atoms with van der Waals surface area (Å²) in [6.45, 7) is 7.93. The molecule has 3 aromatic rings. The van der Waals surface area contributed by atoms with E-state index in [0.717, 1.165) is 28.9 Å². The third-order valence-corrected chi connectivity index (χ3v) is 5.38. The molecule has 0 aliphatic heterocycles. The number of nitrogens with one attached hydrogen (secondary N) is 1. The second kappa shape index (κ2) is 11.7. The number of hydrogen-bond donors (Lipinski definition) is 1. The zero-order valence-electron chi connectivity index (χ0n) is 19.9. The third-order valence-electron chi connectivity index (χ3n) is 4.51. The van der Waals surface area contributed by atoms with Crippen LogP contribution < -0.4 is 5.32 Å². The molecule has 0 saturated carbocycles. The fraction of sp³-hybridized carbons (Fsp3) is 0.346. The fourth-order valence-corrected chi connectivity index (χ4v) is 3.81. The van der Waals surface area contributed by atoms with Gasteiger partial charge in [-0.2, -0.15) is 0 Å². The van der Waals surface area contributed by atoms with Gasteiger partial charge in [-0.25, -0.2) is 14.6 Å². The number of aromatic nitrogens is 1. The highest BCUT2D eigenvalue weighted by Crippen LogP contribution is 2.33. The number of alkyl carbamates (subject to hydrolysis) is 1. The molecule has 8 heteroatoms. The summed E-state index contributed by atoms with van der Waals surface area (Å²) in [5.74, 6) is -0.000303. The van der Waals surface area contributed by atoms with Gasteiger partial charge in [-0.05, 0) is 56.5 Å². The van der Waals surface area contributed by atoms with Gasteiger partial charge in [-0.15, -0.1) is 0 Å². The summed E-state index contributed by atoms with van der Waals surface area (Å²) < 4.78 is 16.4. The van der Waals surface area contributed by atoms with E-state index in [2.05, 4.69) is 10.3 Å². The number of benzene rings is 2. The molecule has 1 amide bonds. The monoisotopic (exact) mass is 482 g/mol. The Morgan fingerprint density at radius 3 is 2.56 bits per heavy atom. The Hall–Kier alpha value is -3.26. The summed E-state index contributed by atoms with van der Waals surface area (Å²) in [5.41, 5.74) is 1.79. The summed E-state index contributed by atoms with van der Waals surface area (Å²) >= 11 is 1.34. The van der Waals surface area contributed by atoms with Gasteiger partial charge in [0.15, 0.2) is 5.09 Å². The largest absolute Gasteiger partial charge is 0.462 e. The molecule has 34 heavy (non-hydrogen) atoms. The van der Waals surface area contributed by atoms with Crippen molar-refractivity contribution in [3.63, 3.8) is 0 Å². The van der Waals surface area contributed by atoms with Gasteiger partial charge in [0.1, 0.15) is 5.60 Å². The van der Waals surface area contributed by atoms with Gasteiger partial charge in [0, 0.05) is 4.90 Å². The maximum atomic E-state index is 12.6. The lowest BCUT2D eigenvalue weighted by Crippen LogP contribution is -2.32. The lowest BCUT2D eigenvalue weighted by molar-refractivity contribution is 0.0495. The van der Waals surface area contributed by atoms with E-state index in [1.54, 1.807) is 33.0 Å². The SMILES string of the molecule is CCCCOC(=O)c1cc(Sc2cnc(CNC(=O)OC(C)(C)C)o2)cc(-c2ccccc2)c1. The first-order valence-electron chi connectivity index (χ1n) is 11.2. The number of amides is 1. The summed E-state index contributed by atoms with van der Waals surface area (Å²) in [7, 11) is 0. The van der Waals surface area contributed by atoms with Crippen molar-refractivity contribution in [2.45, 2.75) is 62.7 Å². The average molecular weight is 483 g/mol. The number of carbonyl (C=O) groups excluding carboxylic acids is 2. The smallest absolute Gasteiger partial charge is 0.408 e. The van der Waals surface area contributed by atoms with Crippen LogP contribution in [0, 0.1) is 0 Å². The number of ether oxygens (including phenoxy) is 2. The van der Waals surface area contributed by atoms with E-state index in [4.69, 9.17) is 13.9 Å². The number of carbonyl (C=O) groups is 2. The Bertz CT molecular complexity index is 1110.